The van der Waals surface area contributed by atoms with Crippen LogP contribution < -0.4 is 5.32 Å². The molecule has 0 bridgehead atoms. The normalized spacial score (nSPS) is 11.5. The number of nitrogens with one attached hydrogen (secondary N) is 1. The van der Waals surface area contributed by atoms with Crippen molar-refractivity contribution in [3.8, 4) is 11.4 Å². The van der Waals surface area contributed by atoms with Gasteiger partial charge in [-0.25, -0.2) is 4.39 Å². The molecule has 1 heterocycles. The van der Waals surface area contributed by atoms with E-state index in [0.717, 1.165) is 0 Å². The van der Waals surface area contributed by atoms with Crippen molar-refractivity contribution in [2.45, 2.75) is 39.2 Å². The highest BCUT2D eigenvalue weighted by molar-refractivity contribution is 5.76. The van der Waals surface area contributed by atoms with Gasteiger partial charge in [0.15, 0.2) is 0 Å². The summed E-state index contributed by atoms with van der Waals surface area (Å²) in [5.41, 5.74) is 0.394. The van der Waals surface area contributed by atoms with Crippen molar-refractivity contribution in [2.75, 3.05) is 6.61 Å². The summed E-state index contributed by atoms with van der Waals surface area (Å²) in [6.45, 7) is 4.97. The molecule has 23 heavy (non-hydrogen) atoms. The minimum atomic E-state index is -0.670. The monoisotopic (exact) mass is 321 g/mol. The third kappa shape index (κ3) is 4.59. The van der Waals surface area contributed by atoms with Crippen LogP contribution in [0.3, 0.4) is 0 Å². The molecule has 0 aliphatic rings. The van der Waals surface area contributed by atoms with Crippen LogP contribution in [0.25, 0.3) is 11.4 Å². The highest BCUT2D eigenvalue weighted by Gasteiger charge is 2.19. The summed E-state index contributed by atoms with van der Waals surface area (Å²) in [5, 5.41) is 15.6. The van der Waals surface area contributed by atoms with Gasteiger partial charge in [0.05, 0.1) is 12.1 Å². The SMILES string of the molecule is Cc1ccc(-c2noc(CCC(=O)NC(C)(C)CO)n2)cc1F. The first-order valence-electron chi connectivity index (χ1n) is 7.32. The number of rotatable bonds is 6. The standard InChI is InChI=1S/C16H20FN3O3/c1-10-4-5-11(8-12(10)17)15-18-14(23-20-15)7-6-13(22)19-16(2,3)9-21/h4-5,8,21H,6-7,9H2,1-3H3,(H,19,22). The summed E-state index contributed by atoms with van der Waals surface area (Å²) >= 11 is 0. The Hall–Kier alpha value is -2.28. The van der Waals surface area contributed by atoms with Crippen molar-refractivity contribution in [1.82, 2.24) is 15.5 Å². The molecule has 2 aromatic rings. The summed E-state index contributed by atoms with van der Waals surface area (Å²) < 4.78 is 18.6. The Labute approximate surface area is 133 Å². The lowest BCUT2D eigenvalue weighted by molar-refractivity contribution is -0.123. The van der Waals surface area contributed by atoms with Crippen molar-refractivity contribution in [2.24, 2.45) is 0 Å². The Morgan fingerprint density at radius 2 is 2.17 bits per heavy atom. The highest BCUT2D eigenvalue weighted by Crippen LogP contribution is 2.19. The first-order valence-corrected chi connectivity index (χ1v) is 7.32. The molecule has 1 aromatic carbocycles. The molecule has 7 heteroatoms. The van der Waals surface area contributed by atoms with Gasteiger partial charge < -0.3 is 14.9 Å². The molecule has 6 nitrogen and oxygen atoms in total. The summed E-state index contributed by atoms with van der Waals surface area (Å²) in [6.07, 6.45) is 0.433. The van der Waals surface area contributed by atoms with Crippen LogP contribution in [0.4, 0.5) is 4.39 Å². The summed E-state index contributed by atoms with van der Waals surface area (Å²) in [4.78, 5) is 16.0. The molecule has 0 saturated heterocycles. The number of halogens is 1. The topological polar surface area (TPSA) is 88.2 Å². The lowest BCUT2D eigenvalue weighted by Gasteiger charge is -2.23. The molecular weight excluding hydrogens is 301 g/mol. The maximum atomic E-state index is 13.6. The van der Waals surface area contributed by atoms with Gasteiger partial charge in [-0.2, -0.15) is 4.98 Å². The second-order valence-electron chi connectivity index (χ2n) is 6.07. The third-order valence-corrected chi connectivity index (χ3v) is 3.34. The van der Waals surface area contributed by atoms with E-state index in [1.807, 2.05) is 0 Å². The Morgan fingerprint density at radius 1 is 1.43 bits per heavy atom. The van der Waals surface area contributed by atoms with Crippen LogP contribution in [0.5, 0.6) is 0 Å². The van der Waals surface area contributed by atoms with E-state index in [1.165, 1.54) is 6.07 Å². The van der Waals surface area contributed by atoms with Crippen LogP contribution in [-0.4, -0.2) is 33.3 Å². The first-order chi connectivity index (χ1) is 10.8. The molecule has 2 rings (SSSR count). The third-order valence-electron chi connectivity index (χ3n) is 3.34. The number of aryl methyl sites for hydroxylation is 2. The number of benzene rings is 1. The van der Waals surface area contributed by atoms with Gasteiger partial charge in [-0.1, -0.05) is 17.3 Å². The smallest absolute Gasteiger partial charge is 0.227 e. The van der Waals surface area contributed by atoms with Crippen LogP contribution >= 0.6 is 0 Å². The van der Waals surface area contributed by atoms with E-state index in [0.29, 0.717) is 17.0 Å². The highest BCUT2D eigenvalue weighted by atomic mass is 19.1. The van der Waals surface area contributed by atoms with Gasteiger partial charge in [-0.3, -0.25) is 4.79 Å². The van der Waals surface area contributed by atoms with E-state index in [9.17, 15) is 9.18 Å². The van der Waals surface area contributed by atoms with Gasteiger partial charge in [0.25, 0.3) is 0 Å². The van der Waals surface area contributed by atoms with Gasteiger partial charge >= 0.3 is 0 Å². The number of carbonyl (C=O) groups excluding carboxylic acids is 1. The zero-order chi connectivity index (χ0) is 17.0. The fraction of sp³-hybridized carbons (Fsp3) is 0.438. The molecule has 1 aromatic heterocycles. The predicted octanol–water partition coefficient (Wildman–Crippen LogP) is 2.00. The molecule has 1 amide bonds. The molecule has 0 fully saturated rings. The van der Waals surface area contributed by atoms with E-state index in [2.05, 4.69) is 15.5 Å². The number of amides is 1. The van der Waals surface area contributed by atoms with Crippen molar-refractivity contribution in [1.29, 1.82) is 0 Å². The van der Waals surface area contributed by atoms with Crippen LogP contribution in [0.15, 0.2) is 22.7 Å². The van der Waals surface area contributed by atoms with E-state index in [-0.39, 0.29) is 37.0 Å². The minimum Gasteiger partial charge on any atom is -0.394 e. The van der Waals surface area contributed by atoms with Crippen LogP contribution in [-0.2, 0) is 11.2 Å². The van der Waals surface area contributed by atoms with E-state index < -0.39 is 5.54 Å². The molecular formula is C16H20FN3O3. The number of aromatic nitrogens is 2. The van der Waals surface area contributed by atoms with Crippen LogP contribution in [0, 0.1) is 12.7 Å². The number of hydrogen-bond acceptors (Lipinski definition) is 5. The Bertz CT molecular complexity index is 698. The average molecular weight is 321 g/mol. The maximum Gasteiger partial charge on any atom is 0.227 e. The second kappa shape index (κ2) is 6.87. The fourth-order valence-electron chi connectivity index (χ4n) is 1.91. The summed E-state index contributed by atoms with van der Waals surface area (Å²) in [7, 11) is 0. The minimum absolute atomic E-state index is 0.150. The summed E-state index contributed by atoms with van der Waals surface area (Å²) in [6, 6.07) is 4.70. The van der Waals surface area contributed by atoms with Crippen molar-refractivity contribution in [3.05, 3.63) is 35.5 Å². The first kappa shape index (κ1) is 17.1. The van der Waals surface area contributed by atoms with E-state index in [4.69, 9.17) is 9.63 Å². The molecule has 0 aliphatic carbocycles. The lowest BCUT2D eigenvalue weighted by atomic mass is 10.1. The quantitative estimate of drug-likeness (QED) is 0.849. The van der Waals surface area contributed by atoms with Crippen LogP contribution in [0.1, 0.15) is 31.7 Å². The molecule has 0 unspecified atom stereocenters. The Kier molecular flexibility index (Phi) is 5.10. The van der Waals surface area contributed by atoms with Crippen molar-refractivity contribution < 1.29 is 18.8 Å². The molecule has 0 atom stereocenters. The van der Waals surface area contributed by atoms with Gasteiger partial charge in [-0.15, -0.1) is 0 Å². The molecule has 0 radical (unpaired) electrons. The predicted molar refractivity (Wildman–Crippen MR) is 82.1 cm³/mol. The van der Waals surface area contributed by atoms with Gasteiger partial charge in [0, 0.05) is 18.4 Å². The zero-order valence-corrected chi connectivity index (χ0v) is 13.4. The zero-order valence-electron chi connectivity index (χ0n) is 13.4. The molecule has 0 aliphatic heterocycles. The van der Waals surface area contributed by atoms with E-state index in [1.54, 1.807) is 32.9 Å². The summed E-state index contributed by atoms with van der Waals surface area (Å²) in [5.74, 6) is 0.0394. The number of nitrogens with zero attached hydrogens (tertiary/aromatic N) is 2. The average Bonchev–Trinajstić information content (AvgIpc) is 2.96. The van der Waals surface area contributed by atoms with Gasteiger partial charge in [-0.05, 0) is 32.4 Å². The molecule has 2 N–H and O–H groups in total. The van der Waals surface area contributed by atoms with Gasteiger partial charge in [0.2, 0.25) is 17.6 Å². The number of aliphatic hydroxyl groups is 1. The number of hydrogen-bond donors (Lipinski definition) is 2. The second-order valence-corrected chi connectivity index (χ2v) is 6.07. The lowest BCUT2D eigenvalue weighted by Crippen LogP contribution is -2.46. The fourth-order valence-corrected chi connectivity index (χ4v) is 1.91. The Morgan fingerprint density at radius 3 is 2.83 bits per heavy atom. The van der Waals surface area contributed by atoms with E-state index >= 15 is 0 Å². The molecule has 124 valence electrons. The molecule has 0 saturated carbocycles. The molecule has 0 spiro atoms. The van der Waals surface area contributed by atoms with Crippen molar-refractivity contribution >= 4 is 5.91 Å². The van der Waals surface area contributed by atoms with Crippen LogP contribution in [0.2, 0.25) is 0 Å². The number of carbonyl (C=O) groups is 1. The van der Waals surface area contributed by atoms with Crippen molar-refractivity contribution in [3.63, 3.8) is 0 Å². The van der Waals surface area contributed by atoms with Gasteiger partial charge in [0.1, 0.15) is 5.82 Å². The largest absolute Gasteiger partial charge is 0.394 e. The Balaban J connectivity index is 1.97. The number of aliphatic hydroxyl groups excluding tert-OH is 1. The maximum absolute atomic E-state index is 13.6.